The van der Waals surface area contributed by atoms with E-state index in [2.05, 4.69) is 25.3 Å². The Morgan fingerprint density at radius 1 is 0.879 bits per heavy atom. The van der Waals surface area contributed by atoms with Crippen LogP contribution in [0.15, 0.2) is 65.6 Å². The van der Waals surface area contributed by atoms with Crippen molar-refractivity contribution < 1.29 is 13.2 Å². The predicted octanol–water partition coefficient (Wildman–Crippen LogP) is 4.14. The maximum Gasteiger partial charge on any atom is 0.265 e. The summed E-state index contributed by atoms with van der Waals surface area (Å²) in [5.41, 5.74) is 4.26. The summed E-state index contributed by atoms with van der Waals surface area (Å²) in [6, 6.07) is 16.9. The van der Waals surface area contributed by atoms with E-state index in [1.54, 1.807) is 47.1 Å². The summed E-state index contributed by atoms with van der Waals surface area (Å²) in [5, 5.41) is 16.1. The van der Waals surface area contributed by atoms with E-state index in [1.165, 1.54) is 13.2 Å². The molecule has 0 spiro atoms. The van der Waals surface area contributed by atoms with E-state index in [4.69, 9.17) is 4.74 Å². The quantitative estimate of drug-likeness (QED) is 0.423. The molecule has 9 nitrogen and oxygen atoms in total. The molecule has 0 aliphatic carbocycles. The summed E-state index contributed by atoms with van der Waals surface area (Å²) in [5.74, 6) is 1.47. The summed E-state index contributed by atoms with van der Waals surface area (Å²) in [6.45, 7) is 5.98. The van der Waals surface area contributed by atoms with E-state index in [0.717, 1.165) is 22.6 Å². The standard InChI is InChI=1S/C23H24N6O3S/c1-15-16(2)27-29(17(15)3)23-14-13-22(25-26-23)24-18-9-11-19(12-10-18)28-33(30,31)21-8-6-5-7-20(21)32-4/h5-14,28H,1-4H3,(H,24,25). The topological polar surface area (TPSA) is 111 Å². The minimum absolute atomic E-state index is 0.0721. The number of hydrogen-bond donors (Lipinski definition) is 2. The fourth-order valence-electron chi connectivity index (χ4n) is 3.27. The van der Waals surface area contributed by atoms with Crippen molar-refractivity contribution in [3.05, 3.63) is 77.6 Å². The van der Waals surface area contributed by atoms with Gasteiger partial charge in [0.25, 0.3) is 10.0 Å². The Morgan fingerprint density at radius 3 is 2.18 bits per heavy atom. The molecule has 0 saturated carbocycles. The van der Waals surface area contributed by atoms with Crippen molar-refractivity contribution in [3.63, 3.8) is 0 Å². The molecule has 4 aromatic rings. The highest BCUT2D eigenvalue weighted by Crippen LogP contribution is 2.26. The van der Waals surface area contributed by atoms with Gasteiger partial charge in [0.2, 0.25) is 0 Å². The maximum absolute atomic E-state index is 12.7. The van der Waals surface area contributed by atoms with Gasteiger partial charge in [0.1, 0.15) is 10.6 Å². The molecule has 0 bridgehead atoms. The van der Waals surface area contributed by atoms with Crippen LogP contribution < -0.4 is 14.8 Å². The number of aromatic nitrogens is 4. The largest absolute Gasteiger partial charge is 0.495 e. The van der Waals surface area contributed by atoms with Crippen molar-refractivity contribution in [1.82, 2.24) is 20.0 Å². The molecule has 0 radical (unpaired) electrons. The van der Waals surface area contributed by atoms with Gasteiger partial charge >= 0.3 is 0 Å². The van der Waals surface area contributed by atoms with Gasteiger partial charge < -0.3 is 10.1 Å². The molecule has 0 aliphatic rings. The molecule has 10 heteroatoms. The van der Waals surface area contributed by atoms with Gasteiger partial charge in [-0.25, -0.2) is 13.1 Å². The minimum atomic E-state index is -3.79. The first-order valence-electron chi connectivity index (χ1n) is 10.2. The number of aryl methyl sites for hydroxylation is 1. The molecule has 0 atom stereocenters. The highest BCUT2D eigenvalue weighted by atomic mass is 32.2. The minimum Gasteiger partial charge on any atom is -0.495 e. The number of rotatable bonds is 7. The molecule has 170 valence electrons. The smallest absolute Gasteiger partial charge is 0.265 e. The van der Waals surface area contributed by atoms with Gasteiger partial charge in [-0.1, -0.05) is 12.1 Å². The molecular formula is C23H24N6O3S. The maximum atomic E-state index is 12.7. The van der Waals surface area contributed by atoms with Gasteiger partial charge in [-0.2, -0.15) is 5.10 Å². The third-order valence-corrected chi connectivity index (χ3v) is 6.71. The SMILES string of the molecule is COc1ccccc1S(=O)(=O)Nc1ccc(Nc2ccc(-n3nc(C)c(C)c3C)nn2)cc1. The van der Waals surface area contributed by atoms with Crippen molar-refractivity contribution in [1.29, 1.82) is 0 Å². The van der Waals surface area contributed by atoms with Crippen LogP contribution in [0.5, 0.6) is 5.75 Å². The van der Waals surface area contributed by atoms with E-state index in [0.29, 0.717) is 17.3 Å². The number of hydrogen-bond acceptors (Lipinski definition) is 7. The van der Waals surface area contributed by atoms with E-state index in [-0.39, 0.29) is 10.6 Å². The fraction of sp³-hybridized carbons (Fsp3) is 0.174. The summed E-state index contributed by atoms with van der Waals surface area (Å²) in [6.07, 6.45) is 0. The van der Waals surface area contributed by atoms with Gasteiger partial charge in [0.05, 0.1) is 12.8 Å². The first-order chi connectivity index (χ1) is 15.8. The Kier molecular flexibility index (Phi) is 6.01. The van der Waals surface area contributed by atoms with Crippen LogP contribution in [0, 0.1) is 20.8 Å². The molecule has 0 amide bonds. The van der Waals surface area contributed by atoms with Crippen molar-refractivity contribution in [2.45, 2.75) is 25.7 Å². The van der Waals surface area contributed by atoms with Gasteiger partial charge in [-0.05, 0) is 74.9 Å². The zero-order chi connectivity index (χ0) is 23.6. The normalized spacial score (nSPS) is 11.3. The van der Waals surface area contributed by atoms with Gasteiger partial charge in [0.15, 0.2) is 11.6 Å². The Hall–Kier alpha value is -3.92. The molecule has 0 fully saturated rings. The van der Waals surface area contributed by atoms with Crippen LogP contribution >= 0.6 is 0 Å². The Balaban J connectivity index is 1.46. The van der Waals surface area contributed by atoms with Crippen LogP contribution in [0.25, 0.3) is 5.82 Å². The summed E-state index contributed by atoms with van der Waals surface area (Å²) in [4.78, 5) is 0.0721. The lowest BCUT2D eigenvalue weighted by atomic mass is 10.2. The molecule has 2 heterocycles. The molecule has 0 saturated heterocycles. The number of nitrogens with zero attached hydrogens (tertiary/aromatic N) is 4. The van der Waals surface area contributed by atoms with Crippen molar-refractivity contribution in [2.75, 3.05) is 17.1 Å². The van der Waals surface area contributed by atoms with Crippen LogP contribution in [0.2, 0.25) is 0 Å². The van der Waals surface area contributed by atoms with Gasteiger partial charge in [-0.3, -0.25) is 4.72 Å². The zero-order valence-electron chi connectivity index (χ0n) is 18.7. The highest BCUT2D eigenvalue weighted by molar-refractivity contribution is 7.92. The second kappa shape index (κ2) is 8.91. The third-order valence-electron chi connectivity index (χ3n) is 5.29. The number of anilines is 3. The first kappa shape index (κ1) is 22.3. The second-order valence-electron chi connectivity index (χ2n) is 7.44. The Bertz CT molecular complexity index is 1380. The van der Waals surface area contributed by atoms with Crippen LogP contribution in [0.1, 0.15) is 17.0 Å². The average Bonchev–Trinajstić information content (AvgIpc) is 3.08. The van der Waals surface area contributed by atoms with Crippen molar-refractivity contribution >= 4 is 27.2 Å². The molecule has 0 unspecified atom stereocenters. The van der Waals surface area contributed by atoms with Crippen LogP contribution in [0.3, 0.4) is 0 Å². The fourth-order valence-corrected chi connectivity index (χ4v) is 4.50. The van der Waals surface area contributed by atoms with E-state index in [9.17, 15) is 8.42 Å². The predicted molar refractivity (Wildman–Crippen MR) is 127 cm³/mol. The Labute approximate surface area is 192 Å². The van der Waals surface area contributed by atoms with Crippen molar-refractivity contribution in [3.8, 4) is 11.6 Å². The molecule has 2 aromatic carbocycles. The highest BCUT2D eigenvalue weighted by Gasteiger charge is 2.19. The summed E-state index contributed by atoms with van der Waals surface area (Å²) < 4.78 is 34.9. The first-order valence-corrected chi connectivity index (χ1v) is 11.7. The monoisotopic (exact) mass is 464 g/mol. The molecule has 33 heavy (non-hydrogen) atoms. The third kappa shape index (κ3) is 4.65. The van der Waals surface area contributed by atoms with Crippen LogP contribution in [-0.2, 0) is 10.0 Å². The summed E-state index contributed by atoms with van der Waals surface area (Å²) in [7, 11) is -2.36. The number of para-hydroxylation sites is 1. The van der Waals surface area contributed by atoms with Crippen molar-refractivity contribution in [2.24, 2.45) is 0 Å². The number of ether oxygens (including phenoxy) is 1. The number of sulfonamides is 1. The van der Waals surface area contributed by atoms with Crippen LogP contribution in [-0.4, -0.2) is 35.5 Å². The molecule has 0 aliphatic heterocycles. The lowest BCUT2D eigenvalue weighted by Gasteiger charge is -2.12. The van der Waals surface area contributed by atoms with Gasteiger partial charge in [-0.15, -0.1) is 10.2 Å². The zero-order valence-corrected chi connectivity index (χ0v) is 19.5. The van der Waals surface area contributed by atoms with E-state index in [1.807, 2.05) is 32.9 Å². The molecule has 2 N–H and O–H groups in total. The van der Waals surface area contributed by atoms with E-state index < -0.39 is 10.0 Å². The number of nitrogens with one attached hydrogen (secondary N) is 2. The second-order valence-corrected chi connectivity index (χ2v) is 9.09. The Morgan fingerprint density at radius 2 is 1.58 bits per heavy atom. The summed E-state index contributed by atoms with van der Waals surface area (Å²) >= 11 is 0. The lowest BCUT2D eigenvalue weighted by molar-refractivity contribution is 0.403. The lowest BCUT2D eigenvalue weighted by Crippen LogP contribution is -2.14. The van der Waals surface area contributed by atoms with E-state index >= 15 is 0 Å². The number of methoxy groups -OCH3 is 1. The van der Waals surface area contributed by atoms with Crippen LogP contribution in [0.4, 0.5) is 17.2 Å². The average molecular weight is 465 g/mol. The molecular weight excluding hydrogens is 440 g/mol. The molecule has 2 aromatic heterocycles. The molecule has 4 rings (SSSR count). The van der Waals surface area contributed by atoms with Gasteiger partial charge in [0, 0.05) is 17.1 Å². The number of benzene rings is 2.